The Balaban J connectivity index is 1.92. The molecule has 168 valence electrons. The van der Waals surface area contributed by atoms with Gasteiger partial charge in [-0.1, -0.05) is 24.3 Å². The Morgan fingerprint density at radius 2 is 1.85 bits per heavy atom. The van der Waals surface area contributed by atoms with E-state index in [0.29, 0.717) is 27.8 Å². The highest BCUT2D eigenvalue weighted by atomic mass is 19.3. The molecular weight excluding hydrogens is 433 g/mol. The van der Waals surface area contributed by atoms with Crippen molar-refractivity contribution in [2.75, 3.05) is 7.05 Å². The number of aromatic nitrogens is 1. The number of alkyl halides is 2. The van der Waals surface area contributed by atoms with Crippen LogP contribution in [0.3, 0.4) is 0 Å². The Morgan fingerprint density at radius 1 is 1.09 bits per heavy atom. The van der Waals surface area contributed by atoms with Gasteiger partial charge in [-0.25, -0.2) is 14.4 Å². The number of likely N-dealkylation sites (N-methyl/N-ethyl adjacent to an activating group) is 1. The molecule has 9 heteroatoms. The van der Waals surface area contributed by atoms with Crippen LogP contribution in [0.25, 0.3) is 11.1 Å². The molecule has 33 heavy (non-hydrogen) atoms. The zero-order chi connectivity index (χ0) is 23.8. The molecule has 2 heterocycles. The molecule has 6 nitrogen and oxygen atoms in total. The topological polar surface area (TPSA) is 67.2 Å². The largest absolute Gasteiger partial charge is 0.435 e. The maximum absolute atomic E-state index is 13.7. The van der Waals surface area contributed by atoms with Gasteiger partial charge in [0.25, 0.3) is 5.91 Å². The predicted octanol–water partition coefficient (Wildman–Crippen LogP) is 4.57. The number of pyridine rings is 1. The monoisotopic (exact) mass is 452 g/mol. The van der Waals surface area contributed by atoms with Crippen LogP contribution in [0.1, 0.15) is 16.7 Å². The van der Waals surface area contributed by atoms with Gasteiger partial charge in [0.15, 0.2) is 5.54 Å². The number of benzene rings is 2. The second kappa shape index (κ2) is 8.50. The van der Waals surface area contributed by atoms with Crippen LogP contribution in [-0.4, -0.2) is 42.1 Å². The molecule has 1 amide bonds. The number of nitrogens with zero attached hydrogens (tertiary/aromatic N) is 4. The van der Waals surface area contributed by atoms with E-state index in [2.05, 4.69) is 26.4 Å². The summed E-state index contributed by atoms with van der Waals surface area (Å²) >= 11 is 0. The molecule has 1 aliphatic heterocycles. The van der Waals surface area contributed by atoms with Gasteiger partial charge in [0.2, 0.25) is 5.96 Å². The summed E-state index contributed by atoms with van der Waals surface area (Å²) in [5.41, 5.74) is 0.931. The number of halogens is 3. The Labute approximate surface area is 188 Å². The van der Waals surface area contributed by atoms with Gasteiger partial charge < -0.3 is 4.74 Å². The third-order valence-electron chi connectivity index (χ3n) is 5.45. The molecule has 1 unspecified atom stereocenters. The zero-order valence-electron chi connectivity index (χ0n) is 17.8. The molecule has 2 aromatic carbocycles. The first-order chi connectivity index (χ1) is 15.8. The number of aryl methyl sites for hydroxylation is 1. The van der Waals surface area contributed by atoms with Crippen LogP contribution in [0.5, 0.6) is 5.75 Å². The van der Waals surface area contributed by atoms with E-state index in [1.807, 2.05) is 0 Å². The molecule has 0 fully saturated rings. The maximum Gasteiger partial charge on any atom is 0.387 e. The predicted molar refractivity (Wildman–Crippen MR) is 118 cm³/mol. The van der Waals surface area contributed by atoms with Crippen LogP contribution in [0, 0.1) is 12.7 Å². The van der Waals surface area contributed by atoms with Crippen molar-refractivity contribution in [1.29, 1.82) is 0 Å². The fraction of sp³-hybridized carbons (Fsp3) is 0.167. The van der Waals surface area contributed by atoms with Crippen LogP contribution < -0.4 is 4.74 Å². The van der Waals surface area contributed by atoms with Crippen LogP contribution in [0.4, 0.5) is 13.2 Å². The van der Waals surface area contributed by atoms with Crippen molar-refractivity contribution in [3.63, 3.8) is 0 Å². The molecule has 4 rings (SSSR count). The second-order valence-electron chi connectivity index (χ2n) is 7.48. The highest BCUT2D eigenvalue weighted by Crippen LogP contribution is 2.42. The SMILES string of the molecule is C=NC1=NC(c2cccc(-c3cncc(F)c3)c2)(c2ccc(OC(F)F)c(C)c2)C(=O)N1C. The lowest BCUT2D eigenvalue weighted by Gasteiger charge is -2.27. The van der Waals surface area contributed by atoms with Gasteiger partial charge in [-0.3, -0.25) is 14.7 Å². The number of carbonyl (C=O) groups excluding carboxylic acids is 1. The highest BCUT2D eigenvalue weighted by Gasteiger charge is 2.50. The van der Waals surface area contributed by atoms with Gasteiger partial charge >= 0.3 is 6.61 Å². The lowest BCUT2D eigenvalue weighted by Crippen LogP contribution is -2.39. The molecule has 0 radical (unpaired) electrons. The summed E-state index contributed by atoms with van der Waals surface area (Å²) < 4.78 is 43.8. The lowest BCUT2D eigenvalue weighted by atomic mass is 9.81. The molecule has 0 saturated heterocycles. The van der Waals surface area contributed by atoms with Gasteiger partial charge in [-0.2, -0.15) is 8.78 Å². The first-order valence-corrected chi connectivity index (χ1v) is 9.88. The second-order valence-corrected chi connectivity index (χ2v) is 7.48. The summed E-state index contributed by atoms with van der Waals surface area (Å²) in [5.74, 6) is -0.788. The number of ether oxygens (including phenoxy) is 1. The van der Waals surface area contributed by atoms with E-state index in [1.54, 1.807) is 37.3 Å². The van der Waals surface area contributed by atoms with E-state index in [9.17, 15) is 18.0 Å². The summed E-state index contributed by atoms with van der Waals surface area (Å²) in [6.45, 7) is 2.11. The normalized spacial score (nSPS) is 17.9. The van der Waals surface area contributed by atoms with Crippen LogP contribution >= 0.6 is 0 Å². The summed E-state index contributed by atoms with van der Waals surface area (Å²) in [6.07, 6.45) is 2.61. The quantitative estimate of drug-likeness (QED) is 0.533. The van der Waals surface area contributed by atoms with E-state index in [0.717, 1.165) is 6.20 Å². The highest BCUT2D eigenvalue weighted by molar-refractivity contribution is 6.10. The number of hydrogen-bond acceptors (Lipinski definition) is 5. The minimum Gasteiger partial charge on any atom is -0.435 e. The fourth-order valence-corrected chi connectivity index (χ4v) is 3.89. The molecule has 0 aliphatic carbocycles. The zero-order valence-corrected chi connectivity index (χ0v) is 17.8. The molecular formula is C24H19F3N4O2. The first kappa shape index (κ1) is 22.2. The van der Waals surface area contributed by atoms with E-state index in [-0.39, 0.29) is 11.7 Å². The standard InChI is InChI=1S/C24H19F3N4O2/c1-14-9-18(7-8-20(14)33-22(26)27)24(21(32)31(3)23(28-2)30-24)17-6-4-5-15(10-17)16-11-19(25)13-29-12-16/h4-13,22H,2H2,1,3H3. The smallest absolute Gasteiger partial charge is 0.387 e. The first-order valence-electron chi connectivity index (χ1n) is 9.88. The molecule has 1 aliphatic rings. The van der Waals surface area contributed by atoms with Crippen molar-refractivity contribution in [3.05, 3.63) is 83.4 Å². The third kappa shape index (κ3) is 3.86. The van der Waals surface area contributed by atoms with E-state index < -0.39 is 23.9 Å². The summed E-state index contributed by atoms with van der Waals surface area (Å²) in [5, 5.41) is 0. The summed E-state index contributed by atoms with van der Waals surface area (Å²) in [4.78, 5) is 27.2. The van der Waals surface area contributed by atoms with Crippen molar-refractivity contribution in [3.8, 4) is 16.9 Å². The number of guanidine groups is 1. The summed E-state index contributed by atoms with van der Waals surface area (Å²) in [7, 11) is 1.53. The Morgan fingerprint density at radius 3 is 2.48 bits per heavy atom. The van der Waals surface area contributed by atoms with E-state index in [4.69, 9.17) is 0 Å². The van der Waals surface area contributed by atoms with Crippen molar-refractivity contribution in [2.45, 2.75) is 19.1 Å². The lowest BCUT2D eigenvalue weighted by molar-refractivity contribution is -0.129. The molecule has 0 spiro atoms. The molecule has 1 atom stereocenters. The van der Waals surface area contributed by atoms with Crippen molar-refractivity contribution < 1.29 is 22.7 Å². The maximum atomic E-state index is 13.7. The van der Waals surface area contributed by atoms with Crippen molar-refractivity contribution in [2.24, 2.45) is 9.98 Å². The molecule has 0 N–H and O–H groups in total. The van der Waals surface area contributed by atoms with Gasteiger partial charge in [0, 0.05) is 18.8 Å². The number of carbonyl (C=O) groups is 1. The summed E-state index contributed by atoms with van der Waals surface area (Å²) in [6, 6.07) is 12.7. The average molecular weight is 452 g/mol. The number of aliphatic imine (C=N–C) groups is 2. The Bertz CT molecular complexity index is 1280. The molecule has 0 saturated carbocycles. The molecule has 1 aromatic heterocycles. The van der Waals surface area contributed by atoms with Crippen molar-refractivity contribution in [1.82, 2.24) is 9.88 Å². The minimum absolute atomic E-state index is 0.00617. The van der Waals surface area contributed by atoms with Crippen LogP contribution in [0.2, 0.25) is 0 Å². The third-order valence-corrected chi connectivity index (χ3v) is 5.45. The van der Waals surface area contributed by atoms with Gasteiger partial charge in [0.1, 0.15) is 11.6 Å². The Kier molecular flexibility index (Phi) is 5.71. The number of amides is 1. The van der Waals surface area contributed by atoms with Crippen LogP contribution in [0.15, 0.2) is 70.9 Å². The molecule has 0 bridgehead atoms. The molecule has 3 aromatic rings. The van der Waals surface area contributed by atoms with Crippen molar-refractivity contribution >= 4 is 18.6 Å². The van der Waals surface area contributed by atoms with Gasteiger partial charge in [0.05, 0.1) is 6.20 Å². The van der Waals surface area contributed by atoms with Gasteiger partial charge in [-0.15, -0.1) is 0 Å². The fourth-order valence-electron chi connectivity index (χ4n) is 3.89. The van der Waals surface area contributed by atoms with Gasteiger partial charge in [-0.05, 0) is 60.2 Å². The number of rotatable bonds is 5. The minimum atomic E-state index is -2.98. The van der Waals surface area contributed by atoms with Crippen LogP contribution in [-0.2, 0) is 10.3 Å². The Hall–Kier alpha value is -4.01. The average Bonchev–Trinajstić information content (AvgIpc) is 3.06. The van der Waals surface area contributed by atoms with E-state index >= 15 is 0 Å². The number of hydrogen-bond donors (Lipinski definition) is 0. The van der Waals surface area contributed by atoms with E-state index in [1.165, 1.54) is 36.3 Å².